The lowest BCUT2D eigenvalue weighted by Gasteiger charge is -2.09. The summed E-state index contributed by atoms with van der Waals surface area (Å²) in [5.74, 6) is 0. The Morgan fingerprint density at radius 1 is 1.64 bits per heavy atom. The Kier molecular flexibility index (Phi) is 5.71. The molecule has 0 spiro atoms. The predicted molar refractivity (Wildman–Crippen MR) is 52.3 cm³/mol. The van der Waals surface area contributed by atoms with Crippen molar-refractivity contribution in [3.05, 3.63) is 24.9 Å². The van der Waals surface area contributed by atoms with Crippen LogP contribution in [0.2, 0.25) is 0 Å². The van der Waals surface area contributed by atoms with Crippen LogP contribution in [0.15, 0.2) is 29.9 Å². The average Bonchev–Trinajstić information content (AvgIpc) is 2.11. The van der Waals surface area contributed by atoms with Crippen LogP contribution in [-0.4, -0.2) is 16.6 Å². The van der Waals surface area contributed by atoms with E-state index in [0.29, 0.717) is 0 Å². The van der Waals surface area contributed by atoms with Gasteiger partial charge in [0.15, 0.2) is 0 Å². The van der Waals surface area contributed by atoms with Crippen molar-refractivity contribution >= 4 is 21.6 Å². The lowest BCUT2D eigenvalue weighted by molar-refractivity contribution is -0.314. The highest BCUT2D eigenvalue weighted by atomic mass is 79.9. The normalized spacial score (nSPS) is 15.9. The summed E-state index contributed by atoms with van der Waals surface area (Å²) >= 11 is 3.10. The first-order valence-electron chi connectivity index (χ1n) is 3.63. The van der Waals surface area contributed by atoms with Crippen LogP contribution in [0, 0.1) is 0 Å². The van der Waals surface area contributed by atoms with Crippen molar-refractivity contribution in [3.8, 4) is 0 Å². The second-order valence-electron chi connectivity index (χ2n) is 2.33. The molecule has 0 heterocycles. The van der Waals surface area contributed by atoms with Gasteiger partial charge in [-0.25, -0.2) is 0 Å². The number of rotatable bonds is 5. The zero-order valence-electron chi connectivity index (χ0n) is 7.38. The Balaban J connectivity index is 4.79. The molecule has 1 atom stereocenters. The summed E-state index contributed by atoms with van der Waals surface area (Å²) in [6.45, 7) is 4.84. The summed E-state index contributed by atoms with van der Waals surface area (Å²) in [4.78, 5) is 5.57. The molecule has 80 valence electrons. The van der Waals surface area contributed by atoms with Crippen LogP contribution in [0.3, 0.4) is 0 Å². The molecule has 6 heteroatoms. The molecule has 0 aromatic rings. The quantitative estimate of drug-likeness (QED) is 0.555. The molecule has 0 rings (SSSR count). The number of aliphatic imine (C=N–C) groups is 1. The molecule has 1 unspecified atom stereocenters. The number of alkyl halides is 3. The third kappa shape index (κ3) is 4.57. The van der Waals surface area contributed by atoms with Gasteiger partial charge >= 0.3 is 6.11 Å². The van der Waals surface area contributed by atoms with Crippen LogP contribution in [0.5, 0.6) is 0 Å². The SMILES string of the molecule is C=CN=C(/C=C\C(C)Br)C(F)(F)OF. The molecule has 0 saturated carbocycles. The minimum atomic E-state index is -4.05. The van der Waals surface area contributed by atoms with Crippen molar-refractivity contribution in [2.24, 2.45) is 4.99 Å². The molecule has 0 bridgehead atoms. The van der Waals surface area contributed by atoms with Gasteiger partial charge in [0.2, 0.25) is 0 Å². The molecule has 0 N–H and O–H groups in total. The molecule has 0 aliphatic heterocycles. The van der Waals surface area contributed by atoms with Gasteiger partial charge in [0, 0.05) is 11.0 Å². The van der Waals surface area contributed by atoms with Gasteiger partial charge in [-0.1, -0.05) is 28.6 Å². The Bertz CT molecular complexity index is 251. The van der Waals surface area contributed by atoms with E-state index in [9.17, 15) is 13.3 Å². The van der Waals surface area contributed by atoms with Crippen molar-refractivity contribution in [1.29, 1.82) is 0 Å². The molecule has 0 saturated heterocycles. The zero-order valence-corrected chi connectivity index (χ0v) is 8.97. The van der Waals surface area contributed by atoms with Crippen LogP contribution in [0.4, 0.5) is 13.3 Å². The first kappa shape index (κ1) is 13.4. The third-order valence-corrected chi connectivity index (χ3v) is 1.45. The Morgan fingerprint density at radius 3 is 2.57 bits per heavy atom. The summed E-state index contributed by atoms with van der Waals surface area (Å²) in [5.41, 5.74) is -0.846. The van der Waals surface area contributed by atoms with Crippen molar-refractivity contribution in [1.82, 2.24) is 0 Å². The molecule has 0 radical (unpaired) electrons. The molecule has 0 fully saturated rings. The Morgan fingerprint density at radius 2 is 2.21 bits per heavy atom. The molecular weight excluding hydrogens is 263 g/mol. The highest BCUT2D eigenvalue weighted by Gasteiger charge is 2.37. The van der Waals surface area contributed by atoms with E-state index in [1.165, 1.54) is 6.08 Å². The van der Waals surface area contributed by atoms with Gasteiger partial charge in [-0.3, -0.25) is 4.99 Å². The summed E-state index contributed by atoms with van der Waals surface area (Å²) < 4.78 is 36.7. The van der Waals surface area contributed by atoms with Gasteiger partial charge in [0.1, 0.15) is 5.71 Å². The van der Waals surface area contributed by atoms with Crippen LogP contribution in [0.1, 0.15) is 6.92 Å². The molecule has 14 heavy (non-hydrogen) atoms. The maximum absolute atomic E-state index is 12.6. The van der Waals surface area contributed by atoms with E-state index in [1.54, 1.807) is 6.92 Å². The second kappa shape index (κ2) is 5.98. The third-order valence-electron chi connectivity index (χ3n) is 1.14. The zero-order chi connectivity index (χ0) is 11.2. The lowest BCUT2D eigenvalue weighted by Crippen LogP contribution is -2.27. The fourth-order valence-electron chi connectivity index (χ4n) is 0.577. The monoisotopic (exact) mass is 271 g/mol. The largest absolute Gasteiger partial charge is 0.429 e. The number of nitrogens with zero attached hydrogens (tertiary/aromatic N) is 1. The van der Waals surface area contributed by atoms with Crippen molar-refractivity contribution in [2.45, 2.75) is 17.9 Å². The van der Waals surface area contributed by atoms with Crippen molar-refractivity contribution in [2.75, 3.05) is 0 Å². The van der Waals surface area contributed by atoms with Crippen LogP contribution in [-0.2, 0) is 4.94 Å². The van der Waals surface area contributed by atoms with Crippen molar-refractivity contribution in [3.63, 3.8) is 0 Å². The highest BCUT2D eigenvalue weighted by molar-refractivity contribution is 9.09. The van der Waals surface area contributed by atoms with E-state index in [1.807, 2.05) is 0 Å². The number of hydrogen-bond donors (Lipinski definition) is 0. The fourth-order valence-corrected chi connectivity index (χ4v) is 0.729. The Hall–Kier alpha value is -0.620. The lowest BCUT2D eigenvalue weighted by atomic mass is 10.3. The fraction of sp³-hybridized carbons (Fsp3) is 0.375. The van der Waals surface area contributed by atoms with Crippen molar-refractivity contribution < 1.29 is 18.2 Å². The number of halogens is 4. The minimum Gasteiger partial charge on any atom is -0.253 e. The van der Waals surface area contributed by atoms with E-state index in [0.717, 1.165) is 12.3 Å². The minimum absolute atomic E-state index is 0.132. The van der Waals surface area contributed by atoms with Gasteiger partial charge in [-0.2, -0.15) is 8.78 Å². The van der Waals surface area contributed by atoms with Crippen LogP contribution >= 0.6 is 15.9 Å². The van der Waals surface area contributed by atoms with Crippen LogP contribution < -0.4 is 0 Å². The predicted octanol–water partition coefficient (Wildman–Crippen LogP) is 3.40. The molecule has 0 aromatic carbocycles. The maximum atomic E-state index is 12.6. The molecule has 0 amide bonds. The van der Waals surface area contributed by atoms with E-state index < -0.39 is 11.8 Å². The second-order valence-corrected chi connectivity index (χ2v) is 3.77. The standard InChI is InChI=1S/C8H9BrF3NO/c1-3-13-7(5-4-6(2)9)8(10,11)14-12/h3-6H,1H2,2H3/b5-4-,13-7?. The van der Waals surface area contributed by atoms with E-state index in [-0.39, 0.29) is 4.83 Å². The number of allylic oxidation sites excluding steroid dienone is 1. The Labute approximate surface area is 88.2 Å². The summed E-state index contributed by atoms with van der Waals surface area (Å²) in [6.07, 6.45) is -0.839. The molecule has 0 aliphatic carbocycles. The molecule has 0 aliphatic rings. The van der Waals surface area contributed by atoms with Gasteiger partial charge in [-0.05, 0) is 17.5 Å². The molecule has 0 aromatic heterocycles. The van der Waals surface area contributed by atoms with Gasteiger partial charge in [0.05, 0.1) is 0 Å². The summed E-state index contributed by atoms with van der Waals surface area (Å²) in [5, 5.41) is 0. The van der Waals surface area contributed by atoms with E-state index in [4.69, 9.17) is 0 Å². The van der Waals surface area contributed by atoms with E-state index >= 15 is 0 Å². The maximum Gasteiger partial charge on any atom is 0.429 e. The molecular formula is C8H9BrF3NO. The van der Waals surface area contributed by atoms with E-state index in [2.05, 4.69) is 32.4 Å². The van der Waals surface area contributed by atoms with Crippen LogP contribution in [0.25, 0.3) is 0 Å². The van der Waals surface area contributed by atoms with Gasteiger partial charge in [-0.15, -0.1) is 4.94 Å². The smallest absolute Gasteiger partial charge is 0.253 e. The van der Waals surface area contributed by atoms with Gasteiger partial charge < -0.3 is 0 Å². The highest BCUT2D eigenvalue weighted by Crippen LogP contribution is 2.19. The topological polar surface area (TPSA) is 21.6 Å². The number of hydrogen-bond acceptors (Lipinski definition) is 2. The first-order valence-corrected chi connectivity index (χ1v) is 4.54. The summed E-state index contributed by atoms with van der Waals surface area (Å²) in [6, 6.07) is 0. The average molecular weight is 272 g/mol. The summed E-state index contributed by atoms with van der Waals surface area (Å²) in [7, 11) is 0. The first-order chi connectivity index (χ1) is 6.44. The van der Waals surface area contributed by atoms with Gasteiger partial charge in [0.25, 0.3) is 0 Å². The molecule has 2 nitrogen and oxygen atoms in total.